The van der Waals surface area contributed by atoms with Gasteiger partial charge in [0.25, 0.3) is 0 Å². The lowest BCUT2D eigenvalue weighted by Gasteiger charge is -2.20. The molecule has 318 valence electrons. The van der Waals surface area contributed by atoms with Crippen LogP contribution in [0.5, 0.6) is 0 Å². The first kappa shape index (κ1) is 39.8. The Bertz CT molecular complexity index is 3860. The van der Waals surface area contributed by atoms with Gasteiger partial charge in [-0.2, -0.15) is 0 Å². The molecular formula is C66H43NS. The Hall–Kier alpha value is -8.56. The summed E-state index contributed by atoms with van der Waals surface area (Å²) in [5.74, 6) is 0. The molecule has 11 aromatic carbocycles. The van der Waals surface area contributed by atoms with E-state index in [1.807, 2.05) is 11.3 Å². The van der Waals surface area contributed by atoms with E-state index in [1.165, 1.54) is 126 Å². The molecule has 0 fully saturated rings. The second kappa shape index (κ2) is 16.7. The smallest absolute Gasteiger partial charge is 0.0548 e. The second-order valence-electron chi connectivity index (χ2n) is 17.6. The molecule has 13 rings (SSSR count). The highest BCUT2D eigenvalue weighted by atomic mass is 32.1. The second-order valence-corrected chi connectivity index (χ2v) is 18.7. The number of hydrogen-bond donors (Lipinski definition) is 0. The Balaban J connectivity index is 1.07. The van der Waals surface area contributed by atoms with Crippen LogP contribution in [0.4, 0.5) is 0 Å². The fourth-order valence-corrected chi connectivity index (χ4v) is 11.6. The summed E-state index contributed by atoms with van der Waals surface area (Å²) in [5, 5.41) is 5.19. The molecule has 0 saturated carbocycles. The van der Waals surface area contributed by atoms with Crippen molar-refractivity contribution < 1.29 is 0 Å². The molecule has 0 radical (unpaired) electrons. The van der Waals surface area contributed by atoms with Gasteiger partial charge >= 0.3 is 0 Å². The number of aromatic nitrogens is 1. The van der Waals surface area contributed by atoms with Crippen molar-refractivity contribution in [3.63, 3.8) is 0 Å². The van der Waals surface area contributed by atoms with Crippen molar-refractivity contribution in [3.8, 4) is 83.6 Å². The third kappa shape index (κ3) is 6.85. The highest BCUT2D eigenvalue weighted by Crippen LogP contribution is 2.48. The third-order valence-corrected chi connectivity index (χ3v) is 14.7. The number of fused-ring (bicyclic) bond motifs is 7. The Morgan fingerprint density at radius 2 is 0.794 bits per heavy atom. The maximum Gasteiger partial charge on any atom is 0.0548 e. The van der Waals surface area contributed by atoms with Crippen molar-refractivity contribution >= 4 is 53.3 Å². The van der Waals surface area contributed by atoms with E-state index in [2.05, 4.69) is 265 Å². The van der Waals surface area contributed by atoms with Crippen molar-refractivity contribution in [2.45, 2.75) is 0 Å². The van der Waals surface area contributed by atoms with Crippen molar-refractivity contribution in [2.75, 3.05) is 0 Å². The number of para-hydroxylation sites is 2. The number of benzene rings is 11. The van der Waals surface area contributed by atoms with E-state index in [4.69, 9.17) is 0 Å². The molecule has 0 saturated heterocycles. The van der Waals surface area contributed by atoms with E-state index >= 15 is 0 Å². The van der Waals surface area contributed by atoms with Gasteiger partial charge in [-0.1, -0.05) is 200 Å². The summed E-state index contributed by atoms with van der Waals surface area (Å²) in [5.41, 5.74) is 20.3. The van der Waals surface area contributed by atoms with Crippen LogP contribution in [0.2, 0.25) is 0 Å². The van der Waals surface area contributed by atoms with Gasteiger partial charge in [0.05, 0.1) is 11.0 Å². The molecular weight excluding hydrogens is 839 g/mol. The maximum atomic E-state index is 2.46. The zero-order valence-corrected chi connectivity index (χ0v) is 38.0. The molecule has 68 heavy (non-hydrogen) atoms. The highest BCUT2D eigenvalue weighted by Gasteiger charge is 2.21. The lowest BCUT2D eigenvalue weighted by Crippen LogP contribution is -1.94. The molecule has 0 bridgehead atoms. The van der Waals surface area contributed by atoms with E-state index < -0.39 is 0 Å². The van der Waals surface area contributed by atoms with Crippen molar-refractivity contribution in [3.05, 3.63) is 261 Å². The average Bonchev–Trinajstić information content (AvgIpc) is 3.97. The molecule has 0 N–H and O–H groups in total. The largest absolute Gasteiger partial charge is 0.309 e. The molecule has 1 nitrogen and oxygen atoms in total. The SMILES string of the molecule is c1ccc(-c2cc(-c3ccccc3)cc(-c3cc(-c4c(-c5ccccc5)cccc4-c4ccccc4)ccc3-c3ccc4c(c3)sc3ccc5c(c6ccccc6n5-c5ccccc5)c34)c2)cc1. The molecule has 0 aliphatic rings. The molecule has 0 aliphatic heterocycles. The minimum atomic E-state index is 1.17. The van der Waals surface area contributed by atoms with E-state index in [0.29, 0.717) is 0 Å². The quantitative estimate of drug-likeness (QED) is 0.143. The summed E-state index contributed by atoms with van der Waals surface area (Å²) >= 11 is 1.89. The number of nitrogens with zero attached hydrogens (tertiary/aromatic N) is 1. The predicted molar refractivity (Wildman–Crippen MR) is 292 cm³/mol. The van der Waals surface area contributed by atoms with Crippen LogP contribution >= 0.6 is 11.3 Å². The fourth-order valence-electron chi connectivity index (χ4n) is 10.5. The summed E-state index contributed by atoms with van der Waals surface area (Å²) in [6, 6.07) is 95.8. The van der Waals surface area contributed by atoms with E-state index in [-0.39, 0.29) is 0 Å². The monoisotopic (exact) mass is 881 g/mol. The summed E-state index contributed by atoms with van der Waals surface area (Å²) in [6.45, 7) is 0. The zero-order chi connectivity index (χ0) is 45.0. The molecule has 0 unspecified atom stereocenters. The van der Waals surface area contributed by atoms with E-state index in [0.717, 1.165) is 0 Å². The third-order valence-electron chi connectivity index (χ3n) is 13.6. The Morgan fingerprint density at radius 1 is 0.250 bits per heavy atom. The maximum absolute atomic E-state index is 2.46. The molecule has 0 amide bonds. The van der Waals surface area contributed by atoms with E-state index in [1.54, 1.807) is 0 Å². The Labute approximate surface area is 400 Å². The van der Waals surface area contributed by atoms with Crippen molar-refractivity contribution in [1.82, 2.24) is 4.57 Å². The standard InChI is InChI=1S/C66H43NS/c1-6-19-44(20-7-1)50-39-51(45-21-8-2-9-22-45)41-52(40-50)59-42-49(64-55(46-23-10-3-11-24-46)30-18-31-56(64)47-25-12-4-13-26-47)34-35-54(59)48-33-36-58-63(43-48)68-62-38-37-61-65(66(58)62)57-29-16-17-32-60(57)67(61)53-27-14-5-15-28-53/h1-43H. The molecule has 0 spiro atoms. The van der Waals surface area contributed by atoms with Gasteiger partial charge in [0.15, 0.2) is 0 Å². The van der Waals surface area contributed by atoms with Crippen molar-refractivity contribution in [1.29, 1.82) is 0 Å². The molecule has 0 aliphatic carbocycles. The van der Waals surface area contributed by atoms with Crippen LogP contribution in [0.25, 0.3) is 126 Å². The van der Waals surface area contributed by atoms with Gasteiger partial charge in [0, 0.05) is 36.6 Å². The lowest BCUT2D eigenvalue weighted by atomic mass is 9.84. The van der Waals surface area contributed by atoms with Gasteiger partial charge < -0.3 is 4.57 Å². The summed E-state index contributed by atoms with van der Waals surface area (Å²) in [4.78, 5) is 0. The Morgan fingerprint density at radius 3 is 1.43 bits per heavy atom. The van der Waals surface area contributed by atoms with Crippen LogP contribution in [0.1, 0.15) is 0 Å². The van der Waals surface area contributed by atoms with Gasteiger partial charge in [0.1, 0.15) is 0 Å². The minimum Gasteiger partial charge on any atom is -0.309 e. The Kier molecular flexibility index (Phi) is 9.77. The van der Waals surface area contributed by atoms with Gasteiger partial charge in [-0.05, 0) is 139 Å². The van der Waals surface area contributed by atoms with Crippen molar-refractivity contribution in [2.24, 2.45) is 0 Å². The molecule has 2 heterocycles. The zero-order valence-electron chi connectivity index (χ0n) is 37.2. The molecule has 13 aromatic rings. The van der Waals surface area contributed by atoms with Gasteiger partial charge in [-0.15, -0.1) is 11.3 Å². The molecule has 0 atom stereocenters. The molecule has 2 heteroatoms. The van der Waals surface area contributed by atoms with Crippen LogP contribution in [-0.2, 0) is 0 Å². The van der Waals surface area contributed by atoms with Crippen LogP contribution < -0.4 is 0 Å². The minimum absolute atomic E-state index is 1.17. The van der Waals surface area contributed by atoms with Gasteiger partial charge in [-0.3, -0.25) is 0 Å². The molecule has 2 aromatic heterocycles. The summed E-state index contributed by atoms with van der Waals surface area (Å²) < 4.78 is 4.99. The first-order valence-corrected chi connectivity index (χ1v) is 24.1. The average molecular weight is 882 g/mol. The van der Waals surface area contributed by atoms with Crippen LogP contribution in [0.3, 0.4) is 0 Å². The fraction of sp³-hybridized carbons (Fsp3) is 0. The first-order chi connectivity index (χ1) is 33.7. The predicted octanol–water partition coefficient (Wildman–Crippen LogP) is 18.8. The summed E-state index contributed by atoms with van der Waals surface area (Å²) in [7, 11) is 0. The first-order valence-electron chi connectivity index (χ1n) is 23.3. The summed E-state index contributed by atoms with van der Waals surface area (Å²) in [6.07, 6.45) is 0. The lowest BCUT2D eigenvalue weighted by molar-refractivity contribution is 1.18. The van der Waals surface area contributed by atoms with Crippen LogP contribution in [0.15, 0.2) is 261 Å². The van der Waals surface area contributed by atoms with E-state index in [9.17, 15) is 0 Å². The topological polar surface area (TPSA) is 4.93 Å². The number of rotatable bonds is 8. The highest BCUT2D eigenvalue weighted by molar-refractivity contribution is 7.26. The van der Waals surface area contributed by atoms with Crippen LogP contribution in [0, 0.1) is 0 Å². The normalized spacial score (nSPS) is 11.5. The van der Waals surface area contributed by atoms with Crippen LogP contribution in [-0.4, -0.2) is 4.57 Å². The van der Waals surface area contributed by atoms with Gasteiger partial charge in [-0.25, -0.2) is 0 Å². The number of hydrogen-bond acceptors (Lipinski definition) is 1. The van der Waals surface area contributed by atoms with Gasteiger partial charge in [0.2, 0.25) is 0 Å². The number of thiophene rings is 1.